The number of carbonyl (C=O) groups excluding carboxylic acids is 1. The number of benzene rings is 6. The van der Waals surface area contributed by atoms with Crippen molar-refractivity contribution in [2.24, 2.45) is 11.8 Å². The maximum Gasteiger partial charge on any atom is 0.343 e. The summed E-state index contributed by atoms with van der Waals surface area (Å²) in [6, 6.07) is 31.4. The molecule has 4 aliphatic heterocycles. The highest BCUT2D eigenvalue weighted by atomic mass is 17.2. The minimum atomic E-state index is -0.931. The number of fused-ring (bicyclic) bond motifs is 4. The van der Waals surface area contributed by atoms with Crippen molar-refractivity contribution in [1.82, 2.24) is 0 Å². The lowest BCUT2D eigenvalue weighted by Gasteiger charge is -2.51. The molecule has 0 bridgehead atoms. The van der Waals surface area contributed by atoms with Gasteiger partial charge in [0.2, 0.25) is 0 Å². The summed E-state index contributed by atoms with van der Waals surface area (Å²) in [5.74, 6) is 3.59. The molecular formula is C55H58O12. The van der Waals surface area contributed by atoms with E-state index in [0.717, 1.165) is 87.3 Å². The fourth-order valence-electron chi connectivity index (χ4n) is 9.54. The van der Waals surface area contributed by atoms with E-state index in [1.54, 1.807) is 6.07 Å². The lowest BCUT2D eigenvalue weighted by Crippen LogP contribution is -2.55. The van der Waals surface area contributed by atoms with Crippen molar-refractivity contribution in [3.63, 3.8) is 0 Å². The van der Waals surface area contributed by atoms with Crippen molar-refractivity contribution in [2.75, 3.05) is 53.2 Å². The van der Waals surface area contributed by atoms with E-state index in [4.69, 9.17) is 52.4 Å². The van der Waals surface area contributed by atoms with Gasteiger partial charge in [0.1, 0.15) is 35.4 Å². The van der Waals surface area contributed by atoms with Gasteiger partial charge in [-0.1, -0.05) is 58.0 Å². The second-order valence-corrected chi connectivity index (χ2v) is 19.8. The van der Waals surface area contributed by atoms with E-state index in [-0.39, 0.29) is 31.0 Å². The number of carbonyl (C=O) groups is 1. The van der Waals surface area contributed by atoms with E-state index < -0.39 is 11.8 Å². The third-order valence-electron chi connectivity index (χ3n) is 13.3. The molecule has 67 heavy (non-hydrogen) atoms. The molecule has 6 aromatic rings. The summed E-state index contributed by atoms with van der Waals surface area (Å²) < 4.78 is 53.2. The molecule has 12 nitrogen and oxygen atoms in total. The minimum absolute atomic E-state index is 0.171. The minimum Gasteiger partial charge on any atom is -0.468 e. The van der Waals surface area contributed by atoms with Gasteiger partial charge in [0.05, 0.1) is 45.2 Å². The van der Waals surface area contributed by atoms with Gasteiger partial charge >= 0.3 is 5.97 Å². The molecule has 12 heteroatoms. The highest BCUT2D eigenvalue weighted by molar-refractivity contribution is 5.97. The Morgan fingerprint density at radius 2 is 1.10 bits per heavy atom. The van der Waals surface area contributed by atoms with E-state index in [2.05, 4.69) is 39.8 Å². The fourth-order valence-corrected chi connectivity index (χ4v) is 9.54. The fraction of sp³-hybridized carbons (Fsp3) is 0.400. The van der Waals surface area contributed by atoms with Gasteiger partial charge in [-0.3, -0.25) is 0 Å². The first kappa shape index (κ1) is 44.9. The van der Waals surface area contributed by atoms with Crippen LogP contribution in [0.25, 0.3) is 21.5 Å². The van der Waals surface area contributed by atoms with Crippen molar-refractivity contribution in [2.45, 2.75) is 77.6 Å². The Hall–Kier alpha value is -5.89. The molecule has 4 heterocycles. The molecule has 0 aliphatic carbocycles. The van der Waals surface area contributed by atoms with Gasteiger partial charge in [-0.15, -0.1) is 0 Å². The maximum absolute atomic E-state index is 13.6. The summed E-state index contributed by atoms with van der Waals surface area (Å²) in [7, 11) is 0. The Labute approximate surface area is 391 Å². The van der Waals surface area contributed by atoms with Crippen LogP contribution in [0.15, 0.2) is 97.1 Å². The van der Waals surface area contributed by atoms with Gasteiger partial charge in [0.15, 0.2) is 19.3 Å². The average molecular weight is 911 g/mol. The van der Waals surface area contributed by atoms with E-state index in [0.29, 0.717) is 66.5 Å². The van der Waals surface area contributed by atoms with Crippen molar-refractivity contribution < 1.29 is 57.2 Å². The summed E-state index contributed by atoms with van der Waals surface area (Å²) in [6.45, 7) is 17.6. The zero-order valence-corrected chi connectivity index (χ0v) is 39.1. The number of aryl methyl sites for hydroxylation is 2. The number of rotatable bonds is 16. The van der Waals surface area contributed by atoms with Gasteiger partial charge in [-0.2, -0.15) is 4.89 Å². The molecule has 10 rings (SSSR count). The highest BCUT2D eigenvalue weighted by Crippen LogP contribution is 2.55. The van der Waals surface area contributed by atoms with Crippen molar-refractivity contribution in [3.05, 3.63) is 130 Å². The lowest BCUT2D eigenvalue weighted by molar-refractivity contribution is -0.218. The van der Waals surface area contributed by atoms with Crippen LogP contribution in [0.2, 0.25) is 0 Å². The van der Waals surface area contributed by atoms with Crippen LogP contribution in [-0.2, 0) is 41.3 Å². The normalized spacial score (nSPS) is 19.4. The smallest absolute Gasteiger partial charge is 0.343 e. The standard InChI is InChI=1S/C55H58O12/c1-34-15-50-46(21-48(34)64-52(56)43-10-9-42-20-45(14-12-40(42)18-43)62-33-60-28-38-25-58-26-38)53(3,4)30-55(65-50)31-54(5,6)47-22-49(35(2)16-51(47)66-55)67-63-29-36-7-8-41-19-44(13-11-39(41)17-36)61-32-59-27-37-23-57-24-37/h7-22,37-38H,23-33H2,1-6H3. The number of ether oxygens (including phenoxy) is 9. The predicted octanol–water partition coefficient (Wildman–Crippen LogP) is 10.9. The van der Waals surface area contributed by atoms with Gasteiger partial charge in [0, 0.05) is 46.6 Å². The second-order valence-electron chi connectivity index (χ2n) is 19.8. The summed E-state index contributed by atoms with van der Waals surface area (Å²) >= 11 is 0. The number of hydrogen-bond acceptors (Lipinski definition) is 12. The molecule has 0 aromatic heterocycles. The van der Waals surface area contributed by atoms with Crippen LogP contribution in [-0.4, -0.2) is 65.0 Å². The van der Waals surface area contributed by atoms with Gasteiger partial charge in [0.25, 0.3) is 5.79 Å². The SMILES string of the molecule is Cc1cc2c(cc1OOCc1ccc3cc(OCOCC4COC4)ccc3c1)C(C)(C)CC1(CC(C)(C)c3cc(OC(=O)c4ccc5cc(OCOCC6COC6)ccc5c4)c(C)cc3O1)O2. The van der Waals surface area contributed by atoms with Crippen LogP contribution >= 0.6 is 0 Å². The van der Waals surface area contributed by atoms with Gasteiger partial charge in [-0.25, -0.2) is 4.79 Å². The van der Waals surface area contributed by atoms with Crippen LogP contribution in [0.3, 0.4) is 0 Å². The molecule has 4 aliphatic rings. The first-order valence-electron chi connectivity index (χ1n) is 23.1. The van der Waals surface area contributed by atoms with Gasteiger partial charge < -0.3 is 47.5 Å². The topological polar surface area (TPSA) is 119 Å². The average Bonchev–Trinajstić information content (AvgIpc) is 3.25. The largest absolute Gasteiger partial charge is 0.468 e. The van der Waals surface area contributed by atoms with Crippen molar-refractivity contribution in [1.29, 1.82) is 0 Å². The van der Waals surface area contributed by atoms with Crippen molar-refractivity contribution in [3.8, 4) is 34.5 Å². The van der Waals surface area contributed by atoms with E-state index in [1.807, 2.05) is 92.7 Å². The van der Waals surface area contributed by atoms with E-state index in [1.165, 1.54) is 0 Å². The molecular weight excluding hydrogens is 853 g/mol. The quantitative estimate of drug-likeness (QED) is 0.0230. The number of esters is 1. The lowest BCUT2D eigenvalue weighted by atomic mass is 9.69. The van der Waals surface area contributed by atoms with Crippen LogP contribution in [0.5, 0.6) is 34.5 Å². The number of hydrogen-bond donors (Lipinski definition) is 0. The summed E-state index contributed by atoms with van der Waals surface area (Å²) in [4.78, 5) is 25.5. The molecule has 6 aromatic carbocycles. The zero-order chi connectivity index (χ0) is 46.3. The van der Waals surface area contributed by atoms with Crippen molar-refractivity contribution >= 4 is 27.5 Å². The molecule has 350 valence electrons. The molecule has 2 fully saturated rings. The van der Waals surface area contributed by atoms with Gasteiger partial charge in [-0.05, 0) is 119 Å². The molecule has 0 radical (unpaired) electrons. The highest BCUT2D eigenvalue weighted by Gasteiger charge is 2.53. The Kier molecular flexibility index (Phi) is 12.3. The summed E-state index contributed by atoms with van der Waals surface area (Å²) in [6.07, 6.45) is 1.18. The molecule has 0 amide bonds. The Balaban J connectivity index is 0.771. The zero-order valence-electron chi connectivity index (χ0n) is 39.1. The second kappa shape index (κ2) is 18.3. The molecule has 2 saturated heterocycles. The van der Waals surface area contributed by atoms with Crippen LogP contribution in [0.1, 0.15) is 78.7 Å². The van der Waals surface area contributed by atoms with Crippen LogP contribution in [0.4, 0.5) is 0 Å². The third kappa shape index (κ3) is 9.77. The predicted molar refractivity (Wildman–Crippen MR) is 251 cm³/mol. The molecule has 1 unspecified atom stereocenters. The molecule has 1 spiro atoms. The summed E-state index contributed by atoms with van der Waals surface area (Å²) in [5.41, 5.74) is 4.33. The van der Waals surface area contributed by atoms with E-state index in [9.17, 15) is 4.79 Å². The maximum atomic E-state index is 13.6. The Morgan fingerprint density at radius 3 is 1.67 bits per heavy atom. The first-order valence-corrected chi connectivity index (χ1v) is 23.1. The summed E-state index contributed by atoms with van der Waals surface area (Å²) in [5, 5.41) is 3.98. The van der Waals surface area contributed by atoms with E-state index >= 15 is 0 Å². The first-order chi connectivity index (χ1) is 32.3. The molecule has 0 N–H and O–H groups in total. The monoisotopic (exact) mass is 910 g/mol. The van der Waals surface area contributed by atoms with Crippen LogP contribution < -0.4 is 28.6 Å². The Bertz CT molecular complexity index is 2810. The Morgan fingerprint density at radius 1 is 0.597 bits per heavy atom. The molecule has 1 atom stereocenters. The van der Waals surface area contributed by atoms with Crippen LogP contribution in [0, 0.1) is 25.7 Å². The molecule has 0 saturated carbocycles. The third-order valence-corrected chi connectivity index (χ3v) is 13.3.